The Labute approximate surface area is 346 Å². The molecule has 8 aromatic carbocycles. The minimum absolute atomic E-state index is 0.277. The number of rotatable bonds is 11. The van der Waals surface area contributed by atoms with Gasteiger partial charge in [-0.15, -0.1) is 0 Å². The molecule has 0 N–H and O–H groups in total. The molecular weight excluding hydrogens is 705 g/mol. The standard InChI is InChI=1S/C56H60O2/c1-31(2)39-20-15-21-40(32(3)4)51(39)47-30-38-28-29-48(57-54-41(33(5)6)22-16-23-42(54)34(7)8)52-45-26-13-18-37-19-14-27-46(49(37)45)53(50(38)52)56(47)58-55-43(35(9)10)24-17-25-44(55)36(11)12/h13-36H,1-12H3. The van der Waals surface area contributed by atoms with Gasteiger partial charge in [0.05, 0.1) is 0 Å². The molecule has 0 atom stereocenters. The van der Waals surface area contributed by atoms with E-state index < -0.39 is 0 Å². The zero-order valence-electron chi connectivity index (χ0n) is 36.7. The average Bonchev–Trinajstić information content (AvgIpc) is 3.19. The fourth-order valence-electron chi connectivity index (χ4n) is 9.39. The molecule has 0 saturated heterocycles. The van der Waals surface area contributed by atoms with Crippen LogP contribution in [0.3, 0.4) is 0 Å². The maximum absolute atomic E-state index is 7.80. The highest BCUT2D eigenvalue weighted by atomic mass is 16.5. The predicted octanol–water partition coefficient (Wildman–Crippen LogP) is 17.7. The fraction of sp³-hybridized carbons (Fsp3) is 0.321. The Kier molecular flexibility index (Phi) is 10.5. The largest absolute Gasteiger partial charge is 0.456 e. The third-order valence-corrected chi connectivity index (χ3v) is 12.4. The summed E-state index contributed by atoms with van der Waals surface area (Å²) in [6.07, 6.45) is 0. The quantitative estimate of drug-likeness (QED) is 0.0965. The van der Waals surface area contributed by atoms with Crippen molar-refractivity contribution in [3.63, 3.8) is 0 Å². The molecule has 58 heavy (non-hydrogen) atoms. The highest BCUT2D eigenvalue weighted by Gasteiger charge is 2.28. The van der Waals surface area contributed by atoms with Gasteiger partial charge < -0.3 is 9.47 Å². The lowest BCUT2D eigenvalue weighted by Crippen LogP contribution is -2.05. The van der Waals surface area contributed by atoms with Crippen LogP contribution in [0.15, 0.2) is 109 Å². The molecule has 0 radical (unpaired) electrons. The normalized spacial score (nSPS) is 12.4. The molecule has 2 nitrogen and oxygen atoms in total. The number of para-hydroxylation sites is 2. The molecule has 0 bridgehead atoms. The predicted molar refractivity (Wildman–Crippen MR) is 251 cm³/mol. The van der Waals surface area contributed by atoms with Crippen LogP contribution in [0.4, 0.5) is 0 Å². The van der Waals surface area contributed by atoms with E-state index in [1.54, 1.807) is 0 Å². The van der Waals surface area contributed by atoms with Gasteiger partial charge >= 0.3 is 0 Å². The first-order valence-corrected chi connectivity index (χ1v) is 21.7. The second kappa shape index (κ2) is 15.4. The lowest BCUT2D eigenvalue weighted by Gasteiger charge is -2.27. The van der Waals surface area contributed by atoms with Crippen molar-refractivity contribution in [1.82, 2.24) is 0 Å². The minimum atomic E-state index is 0.277. The van der Waals surface area contributed by atoms with Gasteiger partial charge in [-0.1, -0.05) is 180 Å². The zero-order chi connectivity index (χ0) is 41.2. The van der Waals surface area contributed by atoms with Crippen LogP contribution in [-0.4, -0.2) is 0 Å². The number of fused-ring (bicyclic) bond motifs is 2. The molecule has 0 aromatic heterocycles. The van der Waals surface area contributed by atoms with Crippen LogP contribution in [0.2, 0.25) is 0 Å². The SMILES string of the molecule is CC(C)c1cccc(C(C)C)c1Oc1ccc2cc(-c3c(C(C)C)cccc3C(C)C)c(Oc3c(C(C)C)cccc3C(C)C)c3c4cccc5cccc(c1c23)c54. The molecule has 0 aliphatic rings. The molecule has 0 fully saturated rings. The van der Waals surface area contributed by atoms with Crippen LogP contribution in [0.1, 0.15) is 152 Å². The smallest absolute Gasteiger partial charge is 0.143 e. The van der Waals surface area contributed by atoms with Gasteiger partial charge in [-0.2, -0.15) is 0 Å². The van der Waals surface area contributed by atoms with Crippen molar-refractivity contribution in [3.8, 4) is 34.1 Å². The summed E-state index contributed by atoms with van der Waals surface area (Å²) in [6, 6.07) is 40.7. The molecule has 0 aliphatic carbocycles. The molecule has 0 aliphatic heterocycles. The summed E-state index contributed by atoms with van der Waals surface area (Å²) in [5.74, 6) is 5.54. The van der Waals surface area contributed by atoms with Crippen molar-refractivity contribution in [3.05, 3.63) is 143 Å². The molecule has 0 saturated carbocycles. The number of hydrogen-bond donors (Lipinski definition) is 0. The van der Waals surface area contributed by atoms with E-state index in [2.05, 4.69) is 192 Å². The van der Waals surface area contributed by atoms with Crippen molar-refractivity contribution >= 4 is 43.1 Å². The Balaban J connectivity index is 1.60. The number of benzene rings is 8. The highest BCUT2D eigenvalue weighted by Crippen LogP contribution is 2.55. The Morgan fingerprint density at radius 1 is 0.328 bits per heavy atom. The van der Waals surface area contributed by atoms with Gasteiger partial charge in [0.1, 0.15) is 23.0 Å². The van der Waals surface area contributed by atoms with Crippen LogP contribution >= 0.6 is 0 Å². The third kappa shape index (κ3) is 6.59. The summed E-state index contributed by atoms with van der Waals surface area (Å²) in [5.41, 5.74) is 10.0. The summed E-state index contributed by atoms with van der Waals surface area (Å²) in [4.78, 5) is 0. The molecule has 0 unspecified atom stereocenters. The summed E-state index contributed by atoms with van der Waals surface area (Å²) in [7, 11) is 0. The van der Waals surface area contributed by atoms with Crippen LogP contribution in [0, 0.1) is 0 Å². The van der Waals surface area contributed by atoms with E-state index in [1.807, 2.05) is 0 Å². The van der Waals surface area contributed by atoms with Crippen molar-refractivity contribution < 1.29 is 9.47 Å². The van der Waals surface area contributed by atoms with E-state index in [0.717, 1.165) is 39.3 Å². The minimum Gasteiger partial charge on any atom is -0.456 e. The molecule has 8 aromatic rings. The number of ether oxygens (including phenoxy) is 2. The molecular formula is C56H60O2. The van der Waals surface area contributed by atoms with E-state index in [9.17, 15) is 0 Å². The van der Waals surface area contributed by atoms with Crippen LogP contribution in [0.5, 0.6) is 23.0 Å². The Morgan fingerprint density at radius 3 is 1.21 bits per heavy atom. The van der Waals surface area contributed by atoms with Crippen molar-refractivity contribution in [2.45, 2.75) is 119 Å². The fourth-order valence-corrected chi connectivity index (χ4v) is 9.39. The summed E-state index contributed by atoms with van der Waals surface area (Å²) >= 11 is 0. The average molecular weight is 765 g/mol. The second-order valence-electron chi connectivity index (χ2n) is 18.3. The summed E-state index contributed by atoms with van der Waals surface area (Å²) < 4.78 is 15.2. The highest BCUT2D eigenvalue weighted by molar-refractivity contribution is 6.36. The van der Waals surface area contributed by atoms with E-state index in [0.29, 0.717) is 23.7 Å². The lowest BCUT2D eigenvalue weighted by molar-refractivity contribution is 0.468. The zero-order valence-corrected chi connectivity index (χ0v) is 36.7. The topological polar surface area (TPSA) is 18.5 Å². The van der Waals surface area contributed by atoms with Gasteiger partial charge in [-0.3, -0.25) is 0 Å². The molecule has 0 heterocycles. The van der Waals surface area contributed by atoms with Gasteiger partial charge in [0.15, 0.2) is 0 Å². The first kappa shape index (κ1) is 39.5. The Morgan fingerprint density at radius 2 is 0.741 bits per heavy atom. The summed E-state index contributed by atoms with van der Waals surface area (Å²) in [6.45, 7) is 27.4. The van der Waals surface area contributed by atoms with E-state index in [4.69, 9.17) is 9.47 Å². The van der Waals surface area contributed by atoms with Gasteiger partial charge in [0, 0.05) is 21.7 Å². The molecule has 2 heteroatoms. The Hall–Kier alpha value is -5.34. The van der Waals surface area contributed by atoms with Crippen molar-refractivity contribution in [2.24, 2.45) is 0 Å². The lowest BCUT2D eigenvalue weighted by atomic mass is 9.81. The third-order valence-electron chi connectivity index (χ3n) is 12.4. The Bertz CT molecular complexity index is 2710. The van der Waals surface area contributed by atoms with E-state index in [-0.39, 0.29) is 11.8 Å². The van der Waals surface area contributed by atoms with Gasteiger partial charge in [-0.25, -0.2) is 0 Å². The number of hydrogen-bond acceptors (Lipinski definition) is 2. The van der Waals surface area contributed by atoms with Crippen molar-refractivity contribution in [1.29, 1.82) is 0 Å². The van der Waals surface area contributed by atoms with Crippen LogP contribution in [0.25, 0.3) is 54.2 Å². The molecule has 8 rings (SSSR count). The maximum Gasteiger partial charge on any atom is 0.143 e. The molecule has 0 spiro atoms. The van der Waals surface area contributed by atoms with Gasteiger partial charge in [-0.05, 0) is 114 Å². The van der Waals surface area contributed by atoms with E-state index >= 15 is 0 Å². The second-order valence-corrected chi connectivity index (χ2v) is 18.3. The summed E-state index contributed by atoms with van der Waals surface area (Å²) in [5, 5.41) is 9.47. The van der Waals surface area contributed by atoms with Crippen LogP contribution < -0.4 is 9.47 Å². The first-order valence-electron chi connectivity index (χ1n) is 21.7. The molecule has 296 valence electrons. The monoisotopic (exact) mass is 764 g/mol. The first-order chi connectivity index (χ1) is 27.8. The van der Waals surface area contributed by atoms with Gasteiger partial charge in [0.2, 0.25) is 0 Å². The maximum atomic E-state index is 7.80. The van der Waals surface area contributed by atoms with E-state index in [1.165, 1.54) is 71.3 Å². The van der Waals surface area contributed by atoms with Gasteiger partial charge in [0.25, 0.3) is 0 Å². The van der Waals surface area contributed by atoms with Crippen LogP contribution in [-0.2, 0) is 0 Å². The molecule has 0 amide bonds. The van der Waals surface area contributed by atoms with Crippen molar-refractivity contribution in [2.75, 3.05) is 0 Å².